The van der Waals surface area contributed by atoms with Gasteiger partial charge in [0.15, 0.2) is 17.4 Å². The van der Waals surface area contributed by atoms with E-state index < -0.39 is 11.6 Å². The standard InChI is InChI=1S/C33H36ClF2N5O4/c34-21-12-19(42)11-20(24(21)17-1-2-17)25-27(35)29-26-30(28(25)36)44-14-23-22-4-3-18(37-22)13-41(23)31(26)39-32(38-29)45-16-33(5-6-33)15-40-7-9-43-10-8-40/h11-12,17-18,22-23,37,42H,1-10,13-16H2/t18-,22+,23-/m1/s1. The molecular formula is C33H36ClF2N5O4. The molecule has 0 radical (unpaired) electrons. The van der Waals surface area contributed by atoms with Gasteiger partial charge in [-0.2, -0.15) is 9.97 Å². The summed E-state index contributed by atoms with van der Waals surface area (Å²) in [6, 6.07) is 3.20. The summed E-state index contributed by atoms with van der Waals surface area (Å²) in [5.74, 6) is -1.38. The Morgan fingerprint density at radius 3 is 2.69 bits per heavy atom. The van der Waals surface area contributed by atoms with Gasteiger partial charge in [0.25, 0.3) is 0 Å². The number of halogens is 3. The van der Waals surface area contributed by atoms with E-state index in [1.807, 2.05) is 0 Å². The van der Waals surface area contributed by atoms with E-state index in [4.69, 9.17) is 30.8 Å². The normalized spacial score (nSPS) is 26.8. The van der Waals surface area contributed by atoms with Gasteiger partial charge >= 0.3 is 6.01 Å². The van der Waals surface area contributed by atoms with Gasteiger partial charge in [0.1, 0.15) is 23.7 Å². The monoisotopic (exact) mass is 639 g/mol. The second-order valence-corrected chi connectivity index (χ2v) is 14.2. The van der Waals surface area contributed by atoms with Gasteiger partial charge in [0.05, 0.1) is 36.8 Å². The van der Waals surface area contributed by atoms with Crippen molar-refractivity contribution in [1.29, 1.82) is 0 Å². The van der Waals surface area contributed by atoms with Crippen molar-refractivity contribution in [3.8, 4) is 28.6 Å². The van der Waals surface area contributed by atoms with E-state index in [9.17, 15) is 5.11 Å². The van der Waals surface area contributed by atoms with Crippen LogP contribution in [0.25, 0.3) is 22.0 Å². The highest BCUT2D eigenvalue weighted by atomic mass is 35.5. The maximum absolute atomic E-state index is 16.9. The highest BCUT2D eigenvalue weighted by molar-refractivity contribution is 6.32. The van der Waals surface area contributed by atoms with E-state index >= 15 is 8.78 Å². The molecule has 2 saturated carbocycles. The van der Waals surface area contributed by atoms with E-state index in [1.54, 1.807) is 0 Å². The Morgan fingerprint density at radius 1 is 1.09 bits per heavy atom. The van der Waals surface area contributed by atoms with Crippen molar-refractivity contribution >= 4 is 28.3 Å². The van der Waals surface area contributed by atoms with E-state index in [2.05, 4.69) is 20.1 Å². The average molecular weight is 640 g/mol. The molecule has 4 aliphatic heterocycles. The van der Waals surface area contributed by atoms with Crippen LogP contribution in [0.3, 0.4) is 0 Å². The number of hydrogen-bond donors (Lipinski definition) is 2. The van der Waals surface area contributed by atoms with Gasteiger partial charge in [-0.1, -0.05) is 11.6 Å². The lowest BCUT2D eigenvalue weighted by Gasteiger charge is -2.40. The highest BCUT2D eigenvalue weighted by Gasteiger charge is 2.47. The van der Waals surface area contributed by atoms with Gasteiger partial charge in [-0.3, -0.25) is 4.90 Å². The molecule has 9 nitrogen and oxygen atoms in total. The molecule has 1 aromatic heterocycles. The number of benzene rings is 2. The molecule has 12 heteroatoms. The molecule has 0 unspecified atom stereocenters. The van der Waals surface area contributed by atoms with Crippen LogP contribution in [0.4, 0.5) is 14.6 Å². The maximum Gasteiger partial charge on any atom is 0.319 e. The van der Waals surface area contributed by atoms with Crippen molar-refractivity contribution in [2.45, 2.75) is 62.6 Å². The van der Waals surface area contributed by atoms with Gasteiger partial charge in [0, 0.05) is 48.7 Å². The van der Waals surface area contributed by atoms with E-state index in [0.29, 0.717) is 29.6 Å². The largest absolute Gasteiger partial charge is 0.508 e. The number of aromatic nitrogens is 2. The predicted octanol–water partition coefficient (Wildman–Crippen LogP) is 5.00. The number of anilines is 1. The summed E-state index contributed by atoms with van der Waals surface area (Å²) < 4.78 is 51.8. The lowest BCUT2D eigenvalue weighted by molar-refractivity contribution is 0.0231. The van der Waals surface area contributed by atoms with Crippen LogP contribution in [0, 0.1) is 17.0 Å². The molecule has 2 aromatic carbocycles. The first kappa shape index (κ1) is 28.3. The first-order valence-corrected chi connectivity index (χ1v) is 16.6. The third kappa shape index (κ3) is 4.80. The second-order valence-electron chi connectivity index (χ2n) is 13.8. The Balaban J connectivity index is 1.18. The van der Waals surface area contributed by atoms with Crippen LogP contribution in [-0.2, 0) is 4.74 Å². The summed E-state index contributed by atoms with van der Waals surface area (Å²) >= 11 is 6.58. The zero-order valence-electron chi connectivity index (χ0n) is 25.0. The number of phenolic OH excluding ortho intramolecular Hbond substituents is 1. The third-order valence-electron chi connectivity index (χ3n) is 10.7. The molecule has 2 bridgehead atoms. The molecule has 6 aliphatic rings. The van der Waals surface area contributed by atoms with Crippen molar-refractivity contribution in [2.24, 2.45) is 5.41 Å². The molecule has 45 heavy (non-hydrogen) atoms. The number of nitrogens with zero attached hydrogens (tertiary/aromatic N) is 4. The number of phenols is 1. The Morgan fingerprint density at radius 2 is 1.91 bits per heavy atom. The first-order valence-electron chi connectivity index (χ1n) is 16.2. The zero-order valence-corrected chi connectivity index (χ0v) is 25.7. The molecule has 3 aromatic rings. The lowest BCUT2D eigenvalue weighted by Crippen LogP contribution is -2.60. The summed E-state index contributed by atoms with van der Waals surface area (Å²) in [7, 11) is 0. The average Bonchev–Trinajstić information content (AvgIpc) is 3.96. The van der Waals surface area contributed by atoms with Gasteiger partial charge in [-0.25, -0.2) is 8.78 Å². The molecule has 5 heterocycles. The van der Waals surface area contributed by atoms with Crippen molar-refractivity contribution in [3.05, 3.63) is 34.4 Å². The fraction of sp³-hybridized carbons (Fsp3) is 0.576. The number of rotatable bonds is 7. The Bertz CT molecular complexity index is 1700. The molecule has 2 N–H and O–H groups in total. The van der Waals surface area contributed by atoms with Crippen LogP contribution in [0.5, 0.6) is 17.5 Å². The van der Waals surface area contributed by atoms with Crippen molar-refractivity contribution in [2.75, 3.05) is 57.5 Å². The molecule has 238 valence electrons. The third-order valence-corrected chi connectivity index (χ3v) is 11.0. The minimum Gasteiger partial charge on any atom is -0.508 e. The number of morpholine rings is 1. The number of nitrogens with one attached hydrogen (secondary N) is 1. The molecule has 9 rings (SSSR count). The first-order chi connectivity index (χ1) is 21.9. The fourth-order valence-electron chi connectivity index (χ4n) is 7.96. The van der Waals surface area contributed by atoms with Gasteiger partial charge < -0.3 is 29.5 Å². The topological polar surface area (TPSA) is 92.2 Å². The number of ether oxygens (including phenoxy) is 3. The summed E-state index contributed by atoms with van der Waals surface area (Å²) in [4.78, 5) is 14.1. The summed E-state index contributed by atoms with van der Waals surface area (Å²) in [5.41, 5.74) is 0.520. The quantitative estimate of drug-likeness (QED) is 0.370. The van der Waals surface area contributed by atoms with Crippen molar-refractivity contribution in [1.82, 2.24) is 20.2 Å². The maximum atomic E-state index is 16.9. The summed E-state index contributed by atoms with van der Waals surface area (Å²) in [6.45, 7) is 5.45. The molecule has 5 fully saturated rings. The SMILES string of the molecule is Oc1cc(Cl)c(C2CC2)c(-c2c(F)c3c4c(nc(OCC5(CN6CCOCC6)CC5)nc4c2F)N2C[C@H]4CC[C@H](N4)[C@H]2CO3)c1. The smallest absolute Gasteiger partial charge is 0.319 e. The second kappa shape index (κ2) is 10.5. The fourth-order valence-corrected chi connectivity index (χ4v) is 8.33. The Kier molecular flexibility index (Phi) is 6.60. The van der Waals surface area contributed by atoms with Gasteiger partial charge in [0.2, 0.25) is 0 Å². The number of piperazine rings is 1. The molecule has 0 spiro atoms. The highest BCUT2D eigenvalue weighted by Crippen LogP contribution is 2.53. The number of hydrogen-bond acceptors (Lipinski definition) is 9. The van der Waals surface area contributed by atoms with Crippen LogP contribution in [-0.4, -0.2) is 90.7 Å². The minimum atomic E-state index is -0.835. The zero-order chi connectivity index (χ0) is 30.4. The van der Waals surface area contributed by atoms with Gasteiger partial charge in [-0.05, 0) is 67.7 Å². The molecular weight excluding hydrogens is 604 g/mol. The molecule has 2 aliphatic carbocycles. The van der Waals surface area contributed by atoms with Gasteiger partial charge in [-0.15, -0.1) is 0 Å². The van der Waals surface area contributed by atoms with Crippen LogP contribution >= 0.6 is 11.6 Å². The molecule has 3 saturated heterocycles. The molecule has 3 atom stereocenters. The van der Waals surface area contributed by atoms with Crippen LogP contribution in [0.1, 0.15) is 50.0 Å². The van der Waals surface area contributed by atoms with E-state index in [-0.39, 0.29) is 75.6 Å². The van der Waals surface area contributed by atoms with Crippen LogP contribution in [0.15, 0.2) is 12.1 Å². The van der Waals surface area contributed by atoms with Crippen molar-refractivity contribution < 1.29 is 28.1 Å². The predicted molar refractivity (Wildman–Crippen MR) is 165 cm³/mol. The lowest BCUT2D eigenvalue weighted by atomic mass is 9.93. The number of fused-ring (bicyclic) bond motifs is 5. The van der Waals surface area contributed by atoms with Crippen LogP contribution < -0.4 is 19.7 Å². The van der Waals surface area contributed by atoms with E-state index in [1.165, 1.54) is 12.1 Å². The summed E-state index contributed by atoms with van der Waals surface area (Å²) in [5, 5.41) is 14.7. The Hall–Kier alpha value is -2.99. The van der Waals surface area contributed by atoms with Crippen molar-refractivity contribution in [3.63, 3.8) is 0 Å². The minimum absolute atomic E-state index is 0.00127. The summed E-state index contributed by atoms with van der Waals surface area (Å²) in [6.07, 6.45) is 5.80. The van der Waals surface area contributed by atoms with E-state index in [0.717, 1.165) is 71.4 Å². The van der Waals surface area contributed by atoms with Crippen LogP contribution in [0.2, 0.25) is 5.02 Å². The number of aromatic hydroxyl groups is 1. The Labute approximate surface area is 264 Å². The molecule has 0 amide bonds.